The number of halogens is 1. The van der Waals surface area contributed by atoms with Gasteiger partial charge in [-0.15, -0.1) is 0 Å². The van der Waals surface area contributed by atoms with Crippen LogP contribution in [0.15, 0.2) is 42.5 Å². The average Bonchev–Trinajstić information content (AvgIpc) is 2.74. The van der Waals surface area contributed by atoms with Crippen molar-refractivity contribution >= 4 is 5.69 Å². The molecular weight excluding hydrogens is 357 g/mol. The monoisotopic (exact) mass is 383 g/mol. The number of ether oxygens (including phenoxy) is 2. The van der Waals surface area contributed by atoms with Crippen LogP contribution in [0.5, 0.6) is 5.75 Å². The van der Waals surface area contributed by atoms with Crippen LogP contribution < -0.4 is 15.0 Å². The van der Waals surface area contributed by atoms with Crippen molar-refractivity contribution in [3.05, 3.63) is 59.4 Å². The molecule has 0 saturated carbocycles. The molecule has 1 aliphatic rings. The highest BCUT2D eigenvalue weighted by atomic mass is 19.1. The van der Waals surface area contributed by atoms with Crippen LogP contribution >= 0.6 is 0 Å². The van der Waals surface area contributed by atoms with Gasteiger partial charge in [0.15, 0.2) is 11.6 Å². The molecule has 1 heterocycles. The van der Waals surface area contributed by atoms with Gasteiger partial charge in [0.25, 0.3) is 0 Å². The number of rotatable bonds is 8. The van der Waals surface area contributed by atoms with Crippen LogP contribution in [0.2, 0.25) is 0 Å². The fourth-order valence-corrected chi connectivity index (χ4v) is 3.39. The molecule has 2 aromatic rings. The third-order valence-corrected chi connectivity index (χ3v) is 4.91. The Labute approximate surface area is 165 Å². The van der Waals surface area contributed by atoms with E-state index < -0.39 is 0 Å². The quantitative estimate of drug-likeness (QED) is 0.756. The molecule has 0 amide bonds. The number of benzene rings is 2. The number of anilines is 1. The minimum atomic E-state index is -0.360. The molecule has 1 unspecified atom stereocenters. The van der Waals surface area contributed by atoms with Gasteiger partial charge in [-0.2, -0.15) is 5.26 Å². The van der Waals surface area contributed by atoms with Crippen LogP contribution in [0.1, 0.15) is 24.0 Å². The molecule has 0 aromatic heterocycles. The molecule has 1 atom stereocenters. The number of nitrogens with one attached hydrogen (secondary N) is 1. The van der Waals surface area contributed by atoms with Gasteiger partial charge in [0.05, 0.1) is 31.5 Å². The normalized spacial score (nSPS) is 16.4. The van der Waals surface area contributed by atoms with E-state index in [1.807, 2.05) is 30.3 Å². The molecule has 0 bridgehead atoms. The summed E-state index contributed by atoms with van der Waals surface area (Å²) in [5.74, 6) is -0.114. The van der Waals surface area contributed by atoms with Gasteiger partial charge in [0.1, 0.15) is 0 Å². The van der Waals surface area contributed by atoms with Crippen molar-refractivity contribution in [3.63, 3.8) is 0 Å². The minimum Gasteiger partial charge on any atom is -0.494 e. The summed E-state index contributed by atoms with van der Waals surface area (Å²) in [4.78, 5) is 2.21. The Bertz CT molecular complexity index is 798. The maximum absolute atomic E-state index is 14.1. The van der Waals surface area contributed by atoms with E-state index in [1.54, 1.807) is 6.07 Å². The van der Waals surface area contributed by atoms with Gasteiger partial charge >= 0.3 is 0 Å². The van der Waals surface area contributed by atoms with E-state index in [0.717, 1.165) is 50.3 Å². The number of morpholine rings is 1. The molecule has 148 valence electrons. The zero-order chi connectivity index (χ0) is 19.8. The summed E-state index contributed by atoms with van der Waals surface area (Å²) in [6, 6.07) is 14.7. The van der Waals surface area contributed by atoms with Gasteiger partial charge in [-0.1, -0.05) is 6.07 Å². The van der Waals surface area contributed by atoms with Crippen molar-refractivity contribution in [2.45, 2.75) is 25.5 Å². The van der Waals surface area contributed by atoms with Gasteiger partial charge in [-0.3, -0.25) is 0 Å². The average molecular weight is 383 g/mol. The predicted molar refractivity (Wildman–Crippen MR) is 107 cm³/mol. The summed E-state index contributed by atoms with van der Waals surface area (Å²) < 4.78 is 24.9. The molecule has 6 heteroatoms. The van der Waals surface area contributed by atoms with Crippen LogP contribution in [0, 0.1) is 17.1 Å². The Morgan fingerprint density at radius 1 is 1.29 bits per heavy atom. The van der Waals surface area contributed by atoms with E-state index in [4.69, 9.17) is 14.7 Å². The Hall–Kier alpha value is -2.62. The molecule has 1 N–H and O–H groups in total. The van der Waals surface area contributed by atoms with Gasteiger partial charge in [0.2, 0.25) is 0 Å². The van der Waals surface area contributed by atoms with Gasteiger partial charge < -0.3 is 19.7 Å². The summed E-state index contributed by atoms with van der Waals surface area (Å²) in [7, 11) is 1.46. The molecule has 3 rings (SSSR count). The highest BCUT2D eigenvalue weighted by Gasteiger charge is 2.15. The molecule has 5 nitrogen and oxygen atoms in total. The van der Waals surface area contributed by atoms with Crippen molar-refractivity contribution in [2.75, 3.05) is 38.3 Å². The summed E-state index contributed by atoms with van der Waals surface area (Å²) in [6.07, 6.45) is 2.18. The SMILES string of the molecule is COc1ccc(CN(CCCC2CNCCO2)c2ccc(C#N)cc2)cc1F. The number of nitrogens with zero attached hydrogens (tertiary/aromatic N) is 2. The molecule has 0 spiro atoms. The first-order valence-electron chi connectivity index (χ1n) is 9.59. The van der Waals surface area contributed by atoms with Gasteiger partial charge in [0, 0.05) is 31.9 Å². The Morgan fingerprint density at radius 3 is 2.75 bits per heavy atom. The molecule has 1 aliphatic heterocycles. The van der Waals surface area contributed by atoms with Crippen molar-refractivity contribution < 1.29 is 13.9 Å². The first kappa shape index (κ1) is 20.1. The first-order valence-corrected chi connectivity index (χ1v) is 9.59. The maximum Gasteiger partial charge on any atom is 0.165 e. The second-order valence-electron chi connectivity index (χ2n) is 6.89. The summed E-state index contributed by atoms with van der Waals surface area (Å²) >= 11 is 0. The van der Waals surface area contributed by atoms with Crippen molar-refractivity contribution in [1.29, 1.82) is 5.26 Å². The number of methoxy groups -OCH3 is 1. The van der Waals surface area contributed by atoms with E-state index >= 15 is 0 Å². The second-order valence-corrected chi connectivity index (χ2v) is 6.89. The number of nitriles is 1. The molecular formula is C22H26FN3O2. The van der Waals surface area contributed by atoms with Crippen LogP contribution in [0.25, 0.3) is 0 Å². The van der Waals surface area contributed by atoms with Gasteiger partial charge in [-0.25, -0.2) is 4.39 Å². The Kier molecular flexibility index (Phi) is 7.24. The zero-order valence-electron chi connectivity index (χ0n) is 16.2. The standard InChI is InChI=1S/C22H26FN3O2/c1-27-22-9-6-18(13-21(22)23)16-26(19-7-4-17(14-24)5-8-19)11-2-3-20-15-25-10-12-28-20/h4-9,13,20,25H,2-3,10-12,15-16H2,1H3. The summed E-state index contributed by atoms with van der Waals surface area (Å²) in [6.45, 7) is 3.96. The van der Waals surface area contributed by atoms with Crippen LogP contribution in [-0.4, -0.2) is 39.5 Å². The van der Waals surface area contributed by atoms with E-state index in [-0.39, 0.29) is 17.7 Å². The highest BCUT2D eigenvalue weighted by molar-refractivity contribution is 5.50. The Morgan fingerprint density at radius 2 is 2.11 bits per heavy atom. The third-order valence-electron chi connectivity index (χ3n) is 4.91. The summed E-state index contributed by atoms with van der Waals surface area (Å²) in [5.41, 5.74) is 2.51. The third kappa shape index (κ3) is 5.44. The Balaban J connectivity index is 1.69. The van der Waals surface area contributed by atoms with Gasteiger partial charge in [-0.05, 0) is 54.8 Å². The highest BCUT2D eigenvalue weighted by Crippen LogP contribution is 2.23. The summed E-state index contributed by atoms with van der Waals surface area (Å²) in [5, 5.41) is 12.4. The lowest BCUT2D eigenvalue weighted by molar-refractivity contribution is 0.0227. The second kappa shape index (κ2) is 10.1. The molecule has 0 aliphatic carbocycles. The molecule has 2 aromatic carbocycles. The smallest absolute Gasteiger partial charge is 0.165 e. The van der Waals surface area contributed by atoms with Crippen molar-refractivity contribution in [3.8, 4) is 11.8 Å². The zero-order valence-corrected chi connectivity index (χ0v) is 16.2. The lowest BCUT2D eigenvalue weighted by atomic mass is 10.1. The molecule has 28 heavy (non-hydrogen) atoms. The predicted octanol–water partition coefficient (Wildman–Crippen LogP) is 3.48. The molecule has 1 fully saturated rings. The van der Waals surface area contributed by atoms with Crippen molar-refractivity contribution in [2.24, 2.45) is 0 Å². The van der Waals surface area contributed by atoms with Crippen LogP contribution in [-0.2, 0) is 11.3 Å². The largest absolute Gasteiger partial charge is 0.494 e. The lowest BCUT2D eigenvalue weighted by Gasteiger charge is -2.28. The maximum atomic E-state index is 14.1. The first-order chi connectivity index (χ1) is 13.7. The van der Waals surface area contributed by atoms with Crippen LogP contribution in [0.4, 0.5) is 10.1 Å². The number of hydrogen-bond acceptors (Lipinski definition) is 5. The van der Waals surface area contributed by atoms with Crippen LogP contribution in [0.3, 0.4) is 0 Å². The fraction of sp³-hybridized carbons (Fsp3) is 0.409. The van der Waals surface area contributed by atoms with E-state index in [2.05, 4.69) is 16.3 Å². The minimum absolute atomic E-state index is 0.245. The topological polar surface area (TPSA) is 57.5 Å². The molecule has 0 radical (unpaired) electrons. The molecule has 1 saturated heterocycles. The van der Waals surface area contributed by atoms with E-state index in [1.165, 1.54) is 13.2 Å². The van der Waals surface area contributed by atoms with E-state index in [0.29, 0.717) is 12.1 Å². The van der Waals surface area contributed by atoms with E-state index in [9.17, 15) is 4.39 Å². The van der Waals surface area contributed by atoms with Crippen molar-refractivity contribution in [1.82, 2.24) is 5.32 Å². The number of hydrogen-bond donors (Lipinski definition) is 1. The lowest BCUT2D eigenvalue weighted by Crippen LogP contribution is -2.38. The fourth-order valence-electron chi connectivity index (χ4n) is 3.39.